The van der Waals surface area contributed by atoms with Crippen LogP contribution >= 0.6 is 0 Å². The molecule has 21 heavy (non-hydrogen) atoms. The Hall–Kier alpha value is -2.05. The molecule has 0 saturated heterocycles. The lowest BCUT2D eigenvalue weighted by Crippen LogP contribution is -2.40. The number of carbonyl (C=O) groups excluding carboxylic acids is 2. The molecule has 0 aromatic heterocycles. The number of esters is 1. The monoisotopic (exact) mass is 301 g/mol. The van der Waals surface area contributed by atoms with E-state index in [0.29, 0.717) is 6.07 Å². The molecule has 1 saturated carbocycles. The summed E-state index contributed by atoms with van der Waals surface area (Å²) in [6.45, 7) is 0. The minimum Gasteiger partial charge on any atom is -0.465 e. The van der Waals surface area contributed by atoms with Gasteiger partial charge >= 0.3 is 12.1 Å². The Morgan fingerprint density at radius 2 is 1.95 bits per heavy atom. The SMILES string of the molecule is COC(=O)c1ccc(C(=O)NC2CCC2)c(C(F)(F)F)c1. The van der Waals surface area contributed by atoms with Crippen molar-refractivity contribution in [2.75, 3.05) is 7.11 Å². The molecule has 1 fully saturated rings. The lowest BCUT2D eigenvalue weighted by Gasteiger charge is -2.27. The Balaban J connectivity index is 2.35. The van der Waals surface area contributed by atoms with E-state index in [-0.39, 0.29) is 11.6 Å². The predicted octanol–water partition coefficient (Wildman–Crippen LogP) is 2.77. The van der Waals surface area contributed by atoms with Gasteiger partial charge in [0, 0.05) is 6.04 Å². The molecule has 1 aliphatic carbocycles. The maximum Gasteiger partial charge on any atom is 0.417 e. The minimum absolute atomic E-state index is 0.0705. The molecule has 0 aliphatic heterocycles. The highest BCUT2D eigenvalue weighted by Gasteiger charge is 2.36. The van der Waals surface area contributed by atoms with Gasteiger partial charge in [0.1, 0.15) is 0 Å². The second kappa shape index (κ2) is 5.75. The molecule has 1 aliphatic rings. The summed E-state index contributed by atoms with van der Waals surface area (Å²) < 4.78 is 43.6. The molecule has 1 N–H and O–H groups in total. The number of hydrogen-bond acceptors (Lipinski definition) is 3. The average Bonchev–Trinajstić information content (AvgIpc) is 2.40. The van der Waals surface area contributed by atoms with Crippen molar-refractivity contribution in [2.24, 2.45) is 0 Å². The highest BCUT2D eigenvalue weighted by atomic mass is 19.4. The number of carbonyl (C=O) groups is 2. The van der Waals surface area contributed by atoms with Crippen LogP contribution in [0.15, 0.2) is 18.2 Å². The van der Waals surface area contributed by atoms with Crippen LogP contribution in [-0.2, 0) is 10.9 Å². The first-order chi connectivity index (χ1) is 9.82. The molecule has 2 rings (SSSR count). The van der Waals surface area contributed by atoms with E-state index >= 15 is 0 Å². The summed E-state index contributed by atoms with van der Waals surface area (Å²) in [7, 11) is 1.08. The van der Waals surface area contributed by atoms with E-state index in [4.69, 9.17) is 0 Å². The first-order valence-electron chi connectivity index (χ1n) is 6.43. The molecule has 0 heterocycles. The van der Waals surface area contributed by atoms with E-state index in [1.54, 1.807) is 0 Å². The van der Waals surface area contributed by atoms with Gasteiger partial charge in [0.05, 0.1) is 23.8 Å². The predicted molar refractivity (Wildman–Crippen MR) is 67.9 cm³/mol. The summed E-state index contributed by atoms with van der Waals surface area (Å²) in [4.78, 5) is 23.3. The van der Waals surface area contributed by atoms with Gasteiger partial charge in [-0.3, -0.25) is 4.79 Å². The van der Waals surface area contributed by atoms with Gasteiger partial charge in [-0.2, -0.15) is 13.2 Å². The van der Waals surface area contributed by atoms with Crippen LogP contribution < -0.4 is 5.32 Å². The number of methoxy groups -OCH3 is 1. The summed E-state index contributed by atoms with van der Waals surface area (Å²) in [6, 6.07) is 2.72. The fourth-order valence-electron chi connectivity index (χ4n) is 2.04. The fraction of sp³-hybridized carbons (Fsp3) is 0.429. The molecule has 1 aromatic rings. The normalized spacial score (nSPS) is 15.2. The van der Waals surface area contributed by atoms with Crippen LogP contribution in [0, 0.1) is 0 Å². The molecule has 1 aromatic carbocycles. The standard InChI is InChI=1S/C14H14F3NO3/c1-21-13(20)8-5-6-10(11(7-8)14(15,16)17)12(19)18-9-3-2-4-9/h5-7,9H,2-4H2,1H3,(H,18,19). The van der Waals surface area contributed by atoms with E-state index < -0.39 is 29.2 Å². The van der Waals surface area contributed by atoms with E-state index in [1.165, 1.54) is 0 Å². The van der Waals surface area contributed by atoms with Gasteiger partial charge in [0.2, 0.25) is 0 Å². The largest absolute Gasteiger partial charge is 0.465 e. The Kier molecular flexibility index (Phi) is 4.20. The van der Waals surface area contributed by atoms with E-state index in [0.717, 1.165) is 38.5 Å². The van der Waals surface area contributed by atoms with Gasteiger partial charge in [0.15, 0.2) is 0 Å². The summed E-state index contributed by atoms with van der Waals surface area (Å²) in [5, 5.41) is 2.55. The zero-order valence-corrected chi connectivity index (χ0v) is 11.3. The lowest BCUT2D eigenvalue weighted by atomic mass is 9.92. The van der Waals surface area contributed by atoms with Crippen molar-refractivity contribution < 1.29 is 27.5 Å². The Morgan fingerprint density at radius 3 is 2.43 bits per heavy atom. The molecule has 1 amide bonds. The number of alkyl halides is 3. The quantitative estimate of drug-likeness (QED) is 0.873. The van der Waals surface area contributed by atoms with Crippen molar-refractivity contribution in [2.45, 2.75) is 31.5 Å². The third-order valence-corrected chi connectivity index (χ3v) is 3.43. The fourth-order valence-corrected chi connectivity index (χ4v) is 2.04. The summed E-state index contributed by atoms with van der Waals surface area (Å²) in [5.41, 5.74) is -1.87. The van der Waals surface area contributed by atoms with Crippen molar-refractivity contribution in [1.82, 2.24) is 5.32 Å². The number of benzene rings is 1. The first kappa shape index (κ1) is 15.3. The number of ether oxygens (including phenoxy) is 1. The highest BCUT2D eigenvalue weighted by molar-refractivity contribution is 5.98. The van der Waals surface area contributed by atoms with Crippen LogP contribution in [0.25, 0.3) is 0 Å². The summed E-state index contributed by atoms with van der Waals surface area (Å²) >= 11 is 0. The number of halogens is 3. The van der Waals surface area contributed by atoms with Crippen LogP contribution in [0.3, 0.4) is 0 Å². The van der Waals surface area contributed by atoms with Crippen LogP contribution in [0.1, 0.15) is 45.5 Å². The summed E-state index contributed by atoms with van der Waals surface area (Å²) in [5.74, 6) is -1.66. The molecule has 0 radical (unpaired) electrons. The van der Waals surface area contributed by atoms with Crippen LogP contribution in [0.4, 0.5) is 13.2 Å². The molecular formula is C14H14F3NO3. The number of rotatable bonds is 3. The molecule has 0 unspecified atom stereocenters. The van der Waals surface area contributed by atoms with Crippen LogP contribution in [-0.4, -0.2) is 25.0 Å². The third-order valence-electron chi connectivity index (χ3n) is 3.43. The number of hydrogen-bond donors (Lipinski definition) is 1. The summed E-state index contributed by atoms with van der Waals surface area (Å²) in [6.07, 6.45) is -2.23. The molecule has 114 valence electrons. The smallest absolute Gasteiger partial charge is 0.417 e. The van der Waals surface area contributed by atoms with Crippen molar-refractivity contribution >= 4 is 11.9 Å². The van der Waals surface area contributed by atoms with E-state index in [2.05, 4.69) is 10.1 Å². The van der Waals surface area contributed by atoms with Crippen molar-refractivity contribution in [1.29, 1.82) is 0 Å². The second-order valence-electron chi connectivity index (χ2n) is 4.85. The molecular weight excluding hydrogens is 287 g/mol. The van der Waals surface area contributed by atoms with E-state index in [9.17, 15) is 22.8 Å². The van der Waals surface area contributed by atoms with Gasteiger partial charge < -0.3 is 10.1 Å². The highest BCUT2D eigenvalue weighted by Crippen LogP contribution is 2.33. The Bertz CT molecular complexity index is 565. The molecule has 7 heteroatoms. The lowest BCUT2D eigenvalue weighted by molar-refractivity contribution is -0.138. The van der Waals surface area contributed by atoms with Gasteiger partial charge in [-0.05, 0) is 37.5 Å². The molecule has 0 atom stereocenters. The van der Waals surface area contributed by atoms with E-state index in [1.807, 2.05) is 0 Å². The van der Waals surface area contributed by atoms with Crippen molar-refractivity contribution in [3.05, 3.63) is 34.9 Å². The minimum atomic E-state index is -4.73. The number of amides is 1. The zero-order chi connectivity index (χ0) is 15.6. The van der Waals surface area contributed by atoms with Gasteiger partial charge in [0.25, 0.3) is 5.91 Å². The maximum absolute atomic E-state index is 13.1. The second-order valence-corrected chi connectivity index (χ2v) is 4.85. The molecule has 0 bridgehead atoms. The topological polar surface area (TPSA) is 55.4 Å². The molecule has 4 nitrogen and oxygen atoms in total. The van der Waals surface area contributed by atoms with Gasteiger partial charge in [-0.1, -0.05) is 0 Å². The van der Waals surface area contributed by atoms with Gasteiger partial charge in [-0.25, -0.2) is 4.79 Å². The Labute approximate surface area is 119 Å². The zero-order valence-electron chi connectivity index (χ0n) is 11.3. The van der Waals surface area contributed by atoms with Gasteiger partial charge in [-0.15, -0.1) is 0 Å². The average molecular weight is 301 g/mol. The Morgan fingerprint density at radius 1 is 1.29 bits per heavy atom. The molecule has 0 spiro atoms. The van der Waals surface area contributed by atoms with Crippen molar-refractivity contribution in [3.63, 3.8) is 0 Å². The third kappa shape index (κ3) is 3.34. The maximum atomic E-state index is 13.1. The van der Waals surface area contributed by atoms with Crippen LogP contribution in [0.5, 0.6) is 0 Å². The van der Waals surface area contributed by atoms with Crippen LogP contribution in [0.2, 0.25) is 0 Å². The first-order valence-corrected chi connectivity index (χ1v) is 6.43. The van der Waals surface area contributed by atoms with Crippen molar-refractivity contribution in [3.8, 4) is 0 Å². The number of nitrogens with one attached hydrogen (secondary N) is 1.